The van der Waals surface area contributed by atoms with Gasteiger partial charge in [0.15, 0.2) is 0 Å². The van der Waals surface area contributed by atoms with E-state index in [4.69, 9.17) is 4.74 Å². The van der Waals surface area contributed by atoms with Crippen molar-refractivity contribution >= 4 is 0 Å². The Morgan fingerprint density at radius 2 is 2.11 bits per heavy atom. The molecule has 0 saturated carbocycles. The summed E-state index contributed by atoms with van der Waals surface area (Å²) in [6.45, 7) is 6.93. The van der Waals surface area contributed by atoms with Crippen LogP contribution >= 0.6 is 0 Å². The minimum absolute atomic E-state index is 0.343. The zero-order chi connectivity index (χ0) is 14.1. The Morgan fingerprint density at radius 3 is 2.74 bits per heavy atom. The van der Waals surface area contributed by atoms with Gasteiger partial charge in [0, 0.05) is 12.2 Å². The van der Waals surface area contributed by atoms with Gasteiger partial charge in [-0.05, 0) is 58.6 Å². The fourth-order valence-electron chi connectivity index (χ4n) is 1.96. The van der Waals surface area contributed by atoms with Gasteiger partial charge in [-0.1, -0.05) is 6.92 Å². The number of nitrogens with one attached hydrogen (secondary N) is 1. The molecule has 1 N–H and O–H groups in total. The molecule has 1 unspecified atom stereocenters. The number of ether oxygens (including phenoxy) is 1. The van der Waals surface area contributed by atoms with Gasteiger partial charge in [-0.3, -0.25) is 4.98 Å². The summed E-state index contributed by atoms with van der Waals surface area (Å²) >= 11 is 0. The van der Waals surface area contributed by atoms with Gasteiger partial charge in [0.2, 0.25) is 0 Å². The normalized spacial score (nSPS) is 12.7. The molecule has 1 aromatic heterocycles. The van der Waals surface area contributed by atoms with E-state index < -0.39 is 0 Å². The maximum absolute atomic E-state index is 5.53. The first-order chi connectivity index (χ1) is 9.17. The summed E-state index contributed by atoms with van der Waals surface area (Å²) in [5.41, 5.74) is 1.21. The minimum Gasteiger partial charge on any atom is -0.492 e. The summed E-state index contributed by atoms with van der Waals surface area (Å²) < 4.78 is 5.53. The zero-order valence-electron chi connectivity index (χ0n) is 12.6. The van der Waals surface area contributed by atoms with Crippen molar-refractivity contribution in [1.29, 1.82) is 0 Å². The highest BCUT2D eigenvalue weighted by Crippen LogP contribution is 2.20. The fraction of sp³-hybridized carbons (Fsp3) is 0.667. The molecule has 0 saturated heterocycles. The molecule has 0 fully saturated rings. The van der Waals surface area contributed by atoms with Gasteiger partial charge in [-0.2, -0.15) is 0 Å². The minimum atomic E-state index is 0.343. The fourth-order valence-corrected chi connectivity index (χ4v) is 1.96. The Hall–Kier alpha value is -1.13. The van der Waals surface area contributed by atoms with Crippen molar-refractivity contribution in [3.8, 4) is 5.75 Å². The van der Waals surface area contributed by atoms with E-state index in [1.54, 1.807) is 6.20 Å². The predicted molar refractivity (Wildman–Crippen MR) is 79.6 cm³/mol. The Bertz CT molecular complexity index is 355. The summed E-state index contributed by atoms with van der Waals surface area (Å²) in [5, 5.41) is 3.59. The second kappa shape index (κ2) is 8.88. The van der Waals surface area contributed by atoms with E-state index in [2.05, 4.69) is 42.3 Å². The number of hydrogen-bond acceptors (Lipinski definition) is 4. The highest BCUT2D eigenvalue weighted by Gasteiger charge is 2.12. The van der Waals surface area contributed by atoms with Crippen molar-refractivity contribution in [3.63, 3.8) is 0 Å². The summed E-state index contributed by atoms with van der Waals surface area (Å²) in [5.74, 6) is 0.855. The number of hydrogen-bond donors (Lipinski definition) is 1. The van der Waals surface area contributed by atoms with Gasteiger partial charge in [0.25, 0.3) is 0 Å². The summed E-state index contributed by atoms with van der Waals surface area (Å²) in [7, 11) is 4.21. The third-order valence-electron chi connectivity index (χ3n) is 2.95. The Labute approximate surface area is 117 Å². The first-order valence-electron chi connectivity index (χ1n) is 7.13. The zero-order valence-corrected chi connectivity index (χ0v) is 12.6. The monoisotopic (exact) mass is 265 g/mol. The standard InChI is InChI=1S/C15H27N3O/c1-5-8-17-15(7-9-18(3)4)13-10-14(19-6-2)12-16-11-13/h10-12,15,17H,5-9H2,1-4H3. The van der Waals surface area contributed by atoms with Crippen LogP contribution in [0.15, 0.2) is 18.5 Å². The smallest absolute Gasteiger partial charge is 0.137 e. The largest absolute Gasteiger partial charge is 0.492 e. The Balaban J connectivity index is 2.73. The van der Waals surface area contributed by atoms with Crippen molar-refractivity contribution in [2.45, 2.75) is 32.7 Å². The third-order valence-corrected chi connectivity index (χ3v) is 2.95. The molecule has 108 valence electrons. The molecule has 0 radical (unpaired) electrons. The van der Waals surface area contributed by atoms with Crippen LogP contribution in [0.2, 0.25) is 0 Å². The van der Waals surface area contributed by atoms with Crippen LogP contribution < -0.4 is 10.1 Å². The van der Waals surface area contributed by atoms with Crippen molar-refractivity contribution < 1.29 is 4.74 Å². The molecule has 0 aliphatic rings. The van der Waals surface area contributed by atoms with Gasteiger partial charge >= 0.3 is 0 Å². The van der Waals surface area contributed by atoms with Crippen molar-refractivity contribution in [2.75, 3.05) is 33.8 Å². The lowest BCUT2D eigenvalue weighted by atomic mass is 10.1. The average Bonchev–Trinajstić information content (AvgIpc) is 2.39. The van der Waals surface area contributed by atoms with Crippen LogP contribution in [0.25, 0.3) is 0 Å². The highest BCUT2D eigenvalue weighted by atomic mass is 16.5. The molecule has 0 aliphatic carbocycles. The number of aromatic nitrogens is 1. The van der Waals surface area contributed by atoms with E-state index in [1.165, 1.54) is 5.56 Å². The quantitative estimate of drug-likeness (QED) is 0.744. The predicted octanol–water partition coefficient (Wildman–Crippen LogP) is 2.47. The van der Waals surface area contributed by atoms with Crippen LogP contribution in [0.3, 0.4) is 0 Å². The molecule has 1 rings (SSSR count). The first-order valence-corrected chi connectivity index (χ1v) is 7.13. The van der Waals surface area contributed by atoms with Crippen LogP contribution in [0.1, 0.15) is 38.3 Å². The lowest BCUT2D eigenvalue weighted by molar-refractivity contribution is 0.335. The summed E-state index contributed by atoms with van der Waals surface area (Å²) in [4.78, 5) is 6.49. The molecule has 0 bridgehead atoms. The van der Waals surface area contributed by atoms with Crippen molar-refractivity contribution in [2.24, 2.45) is 0 Å². The molecule has 1 aromatic rings. The van der Waals surface area contributed by atoms with Gasteiger partial charge in [0.05, 0.1) is 12.8 Å². The Kier molecular flexibility index (Phi) is 7.45. The molecule has 1 atom stereocenters. The van der Waals surface area contributed by atoms with Crippen LogP contribution in [0.5, 0.6) is 5.75 Å². The molecule has 4 nitrogen and oxygen atoms in total. The van der Waals surface area contributed by atoms with Crippen molar-refractivity contribution in [1.82, 2.24) is 15.2 Å². The van der Waals surface area contributed by atoms with Gasteiger partial charge in [-0.15, -0.1) is 0 Å². The number of pyridine rings is 1. The molecular formula is C15H27N3O. The highest BCUT2D eigenvalue weighted by molar-refractivity contribution is 5.26. The van der Waals surface area contributed by atoms with E-state index in [9.17, 15) is 0 Å². The van der Waals surface area contributed by atoms with Crippen LogP contribution in [0.4, 0.5) is 0 Å². The van der Waals surface area contributed by atoms with Crippen LogP contribution in [0, 0.1) is 0 Å². The van der Waals surface area contributed by atoms with E-state index in [-0.39, 0.29) is 0 Å². The van der Waals surface area contributed by atoms with Gasteiger partial charge in [0.1, 0.15) is 5.75 Å². The molecule has 0 spiro atoms. The summed E-state index contributed by atoms with van der Waals surface area (Å²) in [6.07, 6.45) is 5.92. The second-order valence-corrected chi connectivity index (χ2v) is 4.99. The van der Waals surface area contributed by atoms with Crippen LogP contribution in [-0.2, 0) is 0 Å². The number of rotatable bonds is 9. The maximum Gasteiger partial charge on any atom is 0.137 e. The molecular weight excluding hydrogens is 238 g/mol. The molecule has 0 aliphatic heterocycles. The SMILES string of the molecule is CCCNC(CCN(C)C)c1cncc(OCC)c1. The maximum atomic E-state index is 5.53. The van der Waals surface area contributed by atoms with Crippen LogP contribution in [-0.4, -0.2) is 43.7 Å². The van der Waals surface area contributed by atoms with E-state index >= 15 is 0 Å². The average molecular weight is 265 g/mol. The Morgan fingerprint density at radius 1 is 1.32 bits per heavy atom. The molecule has 1 heterocycles. The van der Waals surface area contributed by atoms with Gasteiger partial charge < -0.3 is 15.0 Å². The number of nitrogens with zero attached hydrogens (tertiary/aromatic N) is 2. The second-order valence-electron chi connectivity index (χ2n) is 4.99. The molecule has 4 heteroatoms. The van der Waals surface area contributed by atoms with E-state index in [0.29, 0.717) is 12.6 Å². The lowest BCUT2D eigenvalue weighted by Gasteiger charge is -2.21. The van der Waals surface area contributed by atoms with E-state index in [1.807, 2.05) is 13.1 Å². The molecule has 19 heavy (non-hydrogen) atoms. The first kappa shape index (κ1) is 15.9. The van der Waals surface area contributed by atoms with Crippen molar-refractivity contribution in [3.05, 3.63) is 24.0 Å². The topological polar surface area (TPSA) is 37.4 Å². The molecule has 0 aromatic carbocycles. The lowest BCUT2D eigenvalue weighted by Crippen LogP contribution is -2.26. The third kappa shape index (κ3) is 6.03. The molecule has 0 amide bonds. The van der Waals surface area contributed by atoms with Gasteiger partial charge in [-0.25, -0.2) is 0 Å². The summed E-state index contributed by atoms with van der Waals surface area (Å²) in [6, 6.07) is 2.44. The van der Waals surface area contributed by atoms with E-state index in [0.717, 1.165) is 31.7 Å².